The maximum absolute atomic E-state index is 10.8. The summed E-state index contributed by atoms with van der Waals surface area (Å²) in [6.07, 6.45) is 0.130. The predicted molar refractivity (Wildman–Crippen MR) is 60.0 cm³/mol. The Morgan fingerprint density at radius 1 is 1.00 bits per heavy atom. The molecule has 0 saturated heterocycles. The van der Waals surface area contributed by atoms with Gasteiger partial charge in [0.05, 0.1) is 0 Å². The van der Waals surface area contributed by atoms with Crippen molar-refractivity contribution in [1.29, 1.82) is 0 Å². The van der Waals surface area contributed by atoms with Crippen LogP contribution in [-0.2, 0) is 20.2 Å². The quantitative estimate of drug-likeness (QED) is 0.435. The Hall–Kier alpha value is 1.17. The summed E-state index contributed by atoms with van der Waals surface area (Å²) in [5.41, 5.74) is 0. The zero-order chi connectivity index (χ0) is 12.3. The Balaban J connectivity index is -0.000000980. The van der Waals surface area contributed by atoms with Gasteiger partial charge in [0.2, 0.25) is 0 Å². The topological polar surface area (TPSA) is 109 Å². The molecule has 6 nitrogen and oxygen atoms in total. The maximum atomic E-state index is 10.8. The van der Waals surface area contributed by atoms with Gasteiger partial charge in [0.15, 0.2) is 0 Å². The van der Waals surface area contributed by atoms with Gasteiger partial charge in [-0.05, 0) is 12.8 Å². The fraction of sp³-hybridized carbons (Fsp3) is 1.00. The first-order valence-corrected chi connectivity index (χ1v) is 8.15. The minimum atomic E-state index is -4.29. The van der Waals surface area contributed by atoms with Crippen LogP contribution in [0.1, 0.15) is 28.1 Å². The summed E-state index contributed by atoms with van der Waals surface area (Å²) < 4.78 is 58.3. The van der Waals surface area contributed by atoms with E-state index in [9.17, 15) is 16.8 Å². The molecular weight excluding hydrogens is 287 g/mol. The summed E-state index contributed by atoms with van der Waals surface area (Å²) in [4.78, 5) is 0. The summed E-state index contributed by atoms with van der Waals surface area (Å²) in [5, 5.41) is 0. The summed E-state index contributed by atoms with van der Waals surface area (Å²) in [6, 6.07) is 0. The van der Waals surface area contributed by atoms with Crippen molar-refractivity contribution in [3.63, 3.8) is 0 Å². The summed E-state index contributed by atoms with van der Waals surface area (Å²) in [5.74, 6) is 0. The van der Waals surface area contributed by atoms with Crippen LogP contribution in [-0.4, -0.2) is 35.1 Å². The number of hydrogen-bond acceptors (Lipinski definition) is 5. The van der Waals surface area contributed by atoms with Gasteiger partial charge in [-0.25, -0.2) is 0 Å². The Labute approximate surface area is 124 Å². The van der Waals surface area contributed by atoms with Crippen LogP contribution in [0.4, 0.5) is 0 Å². The second kappa shape index (κ2) is 7.57. The second-order valence-corrected chi connectivity index (χ2v) is 8.05. The molecule has 0 aliphatic heterocycles. The van der Waals surface area contributed by atoms with Crippen LogP contribution in [0.2, 0.25) is 0 Å². The van der Waals surface area contributed by atoms with Gasteiger partial charge in [0, 0.05) is 0 Å². The summed E-state index contributed by atoms with van der Waals surface area (Å²) in [7, 11) is -8.59. The molecule has 0 saturated carbocycles. The van der Waals surface area contributed by atoms with Gasteiger partial charge in [-0.3, -0.25) is 9.11 Å². The fourth-order valence-corrected chi connectivity index (χ4v) is 4.63. The molecule has 10 heteroatoms. The Bertz CT molecular complexity index is 356. The molecule has 0 aromatic heterocycles. The smallest absolute Gasteiger partial charge is 1.00 e. The van der Waals surface area contributed by atoms with Crippen molar-refractivity contribution < 1.29 is 56.9 Å². The van der Waals surface area contributed by atoms with E-state index < -0.39 is 29.4 Å². The summed E-state index contributed by atoms with van der Waals surface area (Å²) >= 11 is 0.528. The molecule has 2 unspecified atom stereocenters. The Morgan fingerprint density at radius 2 is 1.25 bits per heavy atom. The third kappa shape index (κ3) is 6.80. The van der Waals surface area contributed by atoms with Crippen molar-refractivity contribution in [1.82, 2.24) is 0 Å². The molecule has 2 atom stereocenters. The van der Waals surface area contributed by atoms with Crippen molar-refractivity contribution in [3.8, 4) is 0 Å². The molecule has 94 valence electrons. The largest absolute Gasteiger partial charge is 1.00 e. The van der Waals surface area contributed by atoms with Crippen LogP contribution in [0.3, 0.4) is 0 Å². The third-order valence-corrected chi connectivity index (χ3v) is 7.03. The SMILES string of the molecule is CCC(SC(CC)S(=O)(=O)O)S(=O)(=O)O.[H-].[Na+]. The van der Waals surface area contributed by atoms with E-state index in [-0.39, 0.29) is 43.8 Å². The Kier molecular flexibility index (Phi) is 9.23. The maximum Gasteiger partial charge on any atom is 1.00 e. The zero-order valence-corrected chi connectivity index (χ0v) is 13.8. The van der Waals surface area contributed by atoms with Crippen LogP contribution >= 0.6 is 11.8 Å². The first kappa shape index (κ1) is 19.5. The average Bonchev–Trinajstić information content (AvgIpc) is 2.01. The molecule has 0 bridgehead atoms. The van der Waals surface area contributed by atoms with Crippen molar-refractivity contribution >= 4 is 32.0 Å². The first-order chi connectivity index (χ1) is 6.62. The van der Waals surface area contributed by atoms with Gasteiger partial charge in [-0.2, -0.15) is 16.8 Å². The molecule has 0 amide bonds. The minimum absolute atomic E-state index is 0. The van der Waals surface area contributed by atoms with Crippen molar-refractivity contribution in [2.75, 3.05) is 0 Å². The van der Waals surface area contributed by atoms with Crippen LogP contribution < -0.4 is 29.6 Å². The van der Waals surface area contributed by atoms with Gasteiger partial charge in [-0.1, -0.05) is 13.8 Å². The standard InChI is InChI=1S/C6H14O6S3.Na.H/c1-3-5(14(7,8)9)13-6(4-2)15(10,11)12;;/h5-6H,3-4H2,1-2H3,(H,7,8,9)(H,10,11,12);;/q;+1;-1. The van der Waals surface area contributed by atoms with Gasteiger partial charge in [0.25, 0.3) is 20.2 Å². The molecule has 0 radical (unpaired) electrons. The number of thioether (sulfide) groups is 1. The van der Waals surface area contributed by atoms with E-state index in [4.69, 9.17) is 9.11 Å². The minimum Gasteiger partial charge on any atom is -1.00 e. The van der Waals surface area contributed by atoms with Crippen LogP contribution in [0.5, 0.6) is 0 Å². The number of rotatable bonds is 6. The van der Waals surface area contributed by atoms with E-state index in [1.807, 2.05) is 0 Å². The van der Waals surface area contributed by atoms with E-state index in [0.717, 1.165) is 0 Å². The molecule has 0 spiro atoms. The van der Waals surface area contributed by atoms with E-state index in [1.54, 1.807) is 0 Å². The monoisotopic (exact) mass is 302 g/mol. The molecule has 0 aliphatic rings. The molecule has 0 aliphatic carbocycles. The van der Waals surface area contributed by atoms with Crippen LogP contribution in [0, 0.1) is 0 Å². The van der Waals surface area contributed by atoms with E-state index in [2.05, 4.69) is 0 Å². The van der Waals surface area contributed by atoms with Gasteiger partial charge >= 0.3 is 29.6 Å². The molecule has 0 rings (SSSR count). The van der Waals surface area contributed by atoms with Crippen molar-refractivity contribution in [2.24, 2.45) is 0 Å². The first-order valence-electron chi connectivity index (χ1n) is 4.21. The third-order valence-electron chi connectivity index (χ3n) is 1.63. The number of hydrogen-bond donors (Lipinski definition) is 2. The Morgan fingerprint density at radius 3 is 1.38 bits per heavy atom. The molecule has 2 N–H and O–H groups in total. The molecular formula is C6H15NaO6S3. The van der Waals surface area contributed by atoms with Gasteiger partial charge in [-0.15, -0.1) is 11.8 Å². The predicted octanol–water partition coefficient (Wildman–Crippen LogP) is -1.92. The van der Waals surface area contributed by atoms with Gasteiger partial charge < -0.3 is 1.43 Å². The zero-order valence-electron chi connectivity index (χ0n) is 10.3. The van der Waals surface area contributed by atoms with Crippen molar-refractivity contribution in [2.45, 2.75) is 35.9 Å². The second-order valence-electron chi connectivity index (χ2n) is 2.84. The van der Waals surface area contributed by atoms with Crippen LogP contribution in [0.15, 0.2) is 0 Å². The molecule has 0 fully saturated rings. The molecule has 16 heavy (non-hydrogen) atoms. The molecule has 0 aromatic carbocycles. The normalized spacial score (nSPS) is 16.2. The van der Waals surface area contributed by atoms with E-state index in [0.29, 0.717) is 11.8 Å². The fourth-order valence-electron chi connectivity index (χ4n) is 0.923. The van der Waals surface area contributed by atoms with E-state index in [1.165, 1.54) is 13.8 Å². The molecule has 0 aromatic rings. The van der Waals surface area contributed by atoms with Crippen molar-refractivity contribution in [3.05, 3.63) is 0 Å². The summed E-state index contributed by atoms with van der Waals surface area (Å²) in [6.45, 7) is 3.00. The van der Waals surface area contributed by atoms with Crippen LogP contribution in [0.25, 0.3) is 0 Å². The average molecular weight is 302 g/mol. The van der Waals surface area contributed by atoms with Gasteiger partial charge in [0.1, 0.15) is 9.16 Å². The molecule has 0 heterocycles. The van der Waals surface area contributed by atoms with E-state index >= 15 is 0 Å².